The Bertz CT molecular complexity index is 920. The Morgan fingerprint density at radius 1 is 0.769 bits per heavy atom. The van der Waals surface area contributed by atoms with Crippen LogP contribution in [0, 0.1) is 0 Å². The van der Waals surface area contributed by atoms with Gasteiger partial charge in [-0.3, -0.25) is 4.79 Å². The van der Waals surface area contributed by atoms with Crippen LogP contribution in [0.1, 0.15) is 6.92 Å². The molecule has 26 heavy (non-hydrogen) atoms. The van der Waals surface area contributed by atoms with Crippen molar-refractivity contribution in [2.45, 2.75) is 6.92 Å². The lowest BCUT2D eigenvalue weighted by Crippen LogP contribution is -2.07. The van der Waals surface area contributed by atoms with E-state index in [2.05, 4.69) is 5.32 Å². The number of rotatable bonds is 5. The van der Waals surface area contributed by atoms with Crippen molar-refractivity contribution in [3.8, 4) is 33.8 Å². The van der Waals surface area contributed by atoms with Crippen molar-refractivity contribution in [2.75, 3.05) is 19.5 Å². The van der Waals surface area contributed by atoms with Gasteiger partial charge in [-0.05, 0) is 34.9 Å². The Morgan fingerprint density at radius 3 is 2.08 bits per heavy atom. The van der Waals surface area contributed by atoms with Gasteiger partial charge in [-0.25, -0.2) is 0 Å². The van der Waals surface area contributed by atoms with Crippen molar-refractivity contribution in [2.24, 2.45) is 0 Å². The number of carbonyl (C=O) groups excluding carboxylic acids is 1. The van der Waals surface area contributed by atoms with Crippen LogP contribution >= 0.6 is 0 Å². The lowest BCUT2D eigenvalue weighted by atomic mass is 9.98. The summed E-state index contributed by atoms with van der Waals surface area (Å²) >= 11 is 0. The van der Waals surface area contributed by atoms with Crippen molar-refractivity contribution in [3.05, 3.63) is 66.7 Å². The molecule has 0 radical (unpaired) electrons. The summed E-state index contributed by atoms with van der Waals surface area (Å²) in [4.78, 5) is 11.7. The molecule has 0 atom stereocenters. The Balaban J connectivity index is 2.08. The standard InChI is InChI=1S/C22H21NO3/c1-15(24)23-20-13-17(9-11-19(20)16-7-5-4-6-8-16)18-10-12-21(25-2)22(14-18)26-3/h4-14H,1-3H3,(H,23,24). The predicted molar refractivity (Wildman–Crippen MR) is 105 cm³/mol. The number of benzene rings is 3. The molecule has 0 saturated heterocycles. The highest BCUT2D eigenvalue weighted by molar-refractivity contribution is 5.95. The van der Waals surface area contributed by atoms with Gasteiger partial charge >= 0.3 is 0 Å². The molecule has 0 spiro atoms. The summed E-state index contributed by atoms with van der Waals surface area (Å²) in [6, 6.07) is 21.8. The van der Waals surface area contributed by atoms with Crippen LogP contribution in [0.2, 0.25) is 0 Å². The monoisotopic (exact) mass is 347 g/mol. The highest BCUT2D eigenvalue weighted by Crippen LogP contribution is 2.36. The van der Waals surface area contributed by atoms with Gasteiger partial charge in [0.05, 0.1) is 14.2 Å². The molecule has 0 aliphatic rings. The molecule has 0 aliphatic heterocycles. The topological polar surface area (TPSA) is 47.6 Å². The molecule has 0 fully saturated rings. The van der Waals surface area contributed by atoms with E-state index >= 15 is 0 Å². The third-order valence-corrected chi connectivity index (χ3v) is 4.13. The Morgan fingerprint density at radius 2 is 1.42 bits per heavy atom. The second-order valence-electron chi connectivity index (χ2n) is 5.88. The first-order valence-corrected chi connectivity index (χ1v) is 8.32. The van der Waals surface area contributed by atoms with Crippen LogP contribution in [-0.4, -0.2) is 20.1 Å². The third-order valence-electron chi connectivity index (χ3n) is 4.13. The van der Waals surface area contributed by atoms with E-state index in [0.717, 1.165) is 27.9 Å². The van der Waals surface area contributed by atoms with Gasteiger partial charge < -0.3 is 14.8 Å². The number of anilines is 1. The molecular formula is C22H21NO3. The van der Waals surface area contributed by atoms with Gasteiger partial charge in [0.25, 0.3) is 0 Å². The molecule has 4 nitrogen and oxygen atoms in total. The van der Waals surface area contributed by atoms with Gasteiger partial charge in [-0.1, -0.05) is 48.5 Å². The summed E-state index contributed by atoms with van der Waals surface area (Å²) < 4.78 is 10.7. The molecule has 0 heterocycles. The molecule has 0 saturated carbocycles. The lowest BCUT2D eigenvalue weighted by molar-refractivity contribution is -0.114. The smallest absolute Gasteiger partial charge is 0.221 e. The van der Waals surface area contributed by atoms with E-state index in [1.807, 2.05) is 66.7 Å². The maximum Gasteiger partial charge on any atom is 0.221 e. The van der Waals surface area contributed by atoms with Crippen molar-refractivity contribution in [1.29, 1.82) is 0 Å². The second kappa shape index (κ2) is 7.74. The number of ether oxygens (including phenoxy) is 2. The zero-order valence-electron chi connectivity index (χ0n) is 15.1. The van der Waals surface area contributed by atoms with Crippen molar-refractivity contribution < 1.29 is 14.3 Å². The van der Waals surface area contributed by atoms with Crippen LogP contribution in [0.5, 0.6) is 11.5 Å². The van der Waals surface area contributed by atoms with Crippen LogP contribution in [0.15, 0.2) is 66.7 Å². The minimum absolute atomic E-state index is 0.105. The van der Waals surface area contributed by atoms with E-state index < -0.39 is 0 Å². The van der Waals surface area contributed by atoms with Crippen LogP contribution in [0.3, 0.4) is 0 Å². The number of hydrogen-bond donors (Lipinski definition) is 1. The van der Waals surface area contributed by atoms with Crippen molar-refractivity contribution >= 4 is 11.6 Å². The Kier molecular flexibility index (Phi) is 5.23. The van der Waals surface area contributed by atoms with E-state index in [1.165, 1.54) is 6.92 Å². The fourth-order valence-corrected chi connectivity index (χ4v) is 2.90. The Labute approximate surface area is 153 Å². The van der Waals surface area contributed by atoms with Gasteiger partial charge in [0, 0.05) is 18.2 Å². The van der Waals surface area contributed by atoms with Crippen LogP contribution in [0.4, 0.5) is 5.69 Å². The predicted octanol–water partition coefficient (Wildman–Crippen LogP) is 5.00. The quantitative estimate of drug-likeness (QED) is 0.707. The largest absolute Gasteiger partial charge is 0.493 e. The molecule has 3 aromatic carbocycles. The van der Waals surface area contributed by atoms with Gasteiger partial charge in [0.1, 0.15) is 0 Å². The molecule has 0 unspecified atom stereocenters. The molecule has 3 aromatic rings. The van der Waals surface area contributed by atoms with Crippen molar-refractivity contribution in [1.82, 2.24) is 0 Å². The molecule has 4 heteroatoms. The SMILES string of the molecule is COc1ccc(-c2ccc(-c3ccccc3)c(NC(C)=O)c2)cc1OC. The van der Waals surface area contributed by atoms with Crippen LogP contribution < -0.4 is 14.8 Å². The number of amides is 1. The van der Waals surface area contributed by atoms with Crippen LogP contribution in [0.25, 0.3) is 22.3 Å². The van der Waals surface area contributed by atoms with E-state index in [9.17, 15) is 4.79 Å². The maximum absolute atomic E-state index is 11.7. The van der Waals surface area contributed by atoms with E-state index in [4.69, 9.17) is 9.47 Å². The fourth-order valence-electron chi connectivity index (χ4n) is 2.90. The molecule has 1 amide bonds. The summed E-state index contributed by atoms with van der Waals surface area (Å²) in [6.07, 6.45) is 0. The molecule has 1 N–H and O–H groups in total. The average molecular weight is 347 g/mol. The first-order valence-electron chi connectivity index (χ1n) is 8.32. The highest BCUT2D eigenvalue weighted by atomic mass is 16.5. The maximum atomic E-state index is 11.7. The van der Waals surface area contributed by atoms with E-state index in [1.54, 1.807) is 14.2 Å². The summed E-state index contributed by atoms with van der Waals surface area (Å²) in [6.45, 7) is 1.51. The Hall–Kier alpha value is -3.27. The minimum Gasteiger partial charge on any atom is -0.493 e. The summed E-state index contributed by atoms with van der Waals surface area (Å²) in [5.74, 6) is 1.24. The lowest BCUT2D eigenvalue weighted by Gasteiger charge is -2.14. The van der Waals surface area contributed by atoms with E-state index in [0.29, 0.717) is 11.5 Å². The third kappa shape index (κ3) is 3.70. The zero-order chi connectivity index (χ0) is 18.5. The zero-order valence-corrected chi connectivity index (χ0v) is 15.1. The van der Waals surface area contributed by atoms with Gasteiger partial charge in [-0.15, -0.1) is 0 Å². The molecule has 0 aromatic heterocycles. The minimum atomic E-state index is -0.105. The van der Waals surface area contributed by atoms with Crippen LogP contribution in [-0.2, 0) is 4.79 Å². The first kappa shape index (κ1) is 17.5. The van der Waals surface area contributed by atoms with Gasteiger partial charge in [0.2, 0.25) is 5.91 Å². The van der Waals surface area contributed by atoms with E-state index in [-0.39, 0.29) is 5.91 Å². The number of methoxy groups -OCH3 is 2. The summed E-state index contributed by atoms with van der Waals surface area (Å²) in [5.41, 5.74) is 4.76. The summed E-state index contributed by atoms with van der Waals surface area (Å²) in [5, 5.41) is 2.94. The number of hydrogen-bond acceptors (Lipinski definition) is 3. The second-order valence-corrected chi connectivity index (χ2v) is 5.88. The number of nitrogens with one attached hydrogen (secondary N) is 1. The van der Waals surface area contributed by atoms with Gasteiger partial charge in [0.15, 0.2) is 11.5 Å². The highest BCUT2D eigenvalue weighted by Gasteiger charge is 2.11. The average Bonchev–Trinajstić information content (AvgIpc) is 2.67. The fraction of sp³-hybridized carbons (Fsp3) is 0.136. The molecule has 3 rings (SSSR count). The number of carbonyl (C=O) groups is 1. The molecule has 0 aliphatic carbocycles. The molecule has 0 bridgehead atoms. The van der Waals surface area contributed by atoms with Crippen molar-refractivity contribution in [3.63, 3.8) is 0 Å². The van der Waals surface area contributed by atoms with Gasteiger partial charge in [-0.2, -0.15) is 0 Å². The normalized spacial score (nSPS) is 10.3. The first-order chi connectivity index (χ1) is 12.6. The molecule has 132 valence electrons. The summed E-state index contributed by atoms with van der Waals surface area (Å²) in [7, 11) is 3.23. The molecular weight excluding hydrogens is 326 g/mol.